The van der Waals surface area contributed by atoms with Crippen molar-refractivity contribution >= 4 is 34.7 Å². The summed E-state index contributed by atoms with van der Waals surface area (Å²) in [6, 6.07) is 15.8. The number of hydrogen-bond acceptors (Lipinski definition) is 3. The van der Waals surface area contributed by atoms with E-state index in [-0.39, 0.29) is 0 Å². The molecule has 1 N–H and O–H groups in total. The predicted molar refractivity (Wildman–Crippen MR) is 107 cm³/mol. The van der Waals surface area contributed by atoms with Gasteiger partial charge in [0.05, 0.1) is 5.69 Å². The maximum Gasteiger partial charge on any atom is 0.412 e. The third kappa shape index (κ3) is 4.48. The molecule has 0 aliphatic carbocycles. The molecule has 0 unspecified atom stereocenters. The Morgan fingerprint density at radius 3 is 2.35 bits per heavy atom. The Morgan fingerprint density at radius 1 is 0.962 bits per heavy atom. The van der Waals surface area contributed by atoms with Gasteiger partial charge < -0.3 is 4.74 Å². The van der Waals surface area contributed by atoms with Gasteiger partial charge in [0.25, 0.3) is 0 Å². The summed E-state index contributed by atoms with van der Waals surface area (Å²) in [5, 5.41) is 4.88. The molecule has 0 spiro atoms. The van der Waals surface area contributed by atoms with Crippen molar-refractivity contribution in [2.45, 2.75) is 26.4 Å². The van der Waals surface area contributed by atoms with Gasteiger partial charge in [0.1, 0.15) is 5.60 Å². The predicted octanol–water partition coefficient (Wildman–Crippen LogP) is 5.75. The fourth-order valence-electron chi connectivity index (χ4n) is 2.65. The lowest BCUT2D eigenvalue weighted by Crippen LogP contribution is -2.27. The topological polar surface area (TPSA) is 51.2 Å². The molecule has 4 heteroatoms. The minimum atomic E-state index is -0.535. The van der Waals surface area contributed by atoms with Gasteiger partial charge in [-0.3, -0.25) is 10.3 Å². The summed E-state index contributed by atoms with van der Waals surface area (Å²) >= 11 is 0. The number of fused-ring (bicyclic) bond motifs is 1. The molecule has 3 aromatic rings. The molecule has 1 amide bonds. The number of carbonyl (C=O) groups excluding carboxylic acids is 1. The van der Waals surface area contributed by atoms with Crippen molar-refractivity contribution < 1.29 is 9.53 Å². The number of nitrogens with one attached hydrogen (secondary N) is 1. The van der Waals surface area contributed by atoms with Crippen LogP contribution in [-0.2, 0) is 4.74 Å². The van der Waals surface area contributed by atoms with E-state index in [0.717, 1.165) is 27.6 Å². The molecule has 0 fully saturated rings. The number of benzene rings is 2. The van der Waals surface area contributed by atoms with Crippen LogP contribution in [0.15, 0.2) is 60.9 Å². The molecule has 0 aliphatic heterocycles. The highest BCUT2D eigenvalue weighted by Gasteiger charge is 2.17. The summed E-state index contributed by atoms with van der Waals surface area (Å²) in [7, 11) is 0. The number of nitrogens with zero attached hydrogens (tertiary/aromatic N) is 1. The highest BCUT2D eigenvalue weighted by atomic mass is 16.6. The van der Waals surface area contributed by atoms with E-state index >= 15 is 0 Å². The standard InChI is InChI=1S/C22H22N2O2/c1-22(2,3)26-21(25)24-20-11-10-17(18-6-4-5-7-19(18)20)9-8-16-12-14-23-15-13-16/h4-15H,1-3H3,(H,24,25)/b9-8+. The van der Waals surface area contributed by atoms with Crippen LogP contribution in [0.4, 0.5) is 10.5 Å². The summed E-state index contributed by atoms with van der Waals surface area (Å²) < 4.78 is 5.36. The fourth-order valence-corrected chi connectivity index (χ4v) is 2.65. The zero-order valence-electron chi connectivity index (χ0n) is 15.2. The van der Waals surface area contributed by atoms with E-state index in [1.54, 1.807) is 12.4 Å². The van der Waals surface area contributed by atoms with Crippen molar-refractivity contribution in [2.24, 2.45) is 0 Å². The van der Waals surface area contributed by atoms with E-state index in [2.05, 4.69) is 16.4 Å². The SMILES string of the molecule is CC(C)(C)OC(=O)Nc1ccc(/C=C/c2ccncc2)c2ccccc12. The molecule has 0 saturated heterocycles. The lowest BCUT2D eigenvalue weighted by atomic mass is 10.0. The van der Waals surface area contributed by atoms with Crippen molar-refractivity contribution in [3.05, 3.63) is 72.1 Å². The average molecular weight is 346 g/mol. The Balaban J connectivity index is 1.92. The van der Waals surface area contributed by atoms with Gasteiger partial charge in [0.2, 0.25) is 0 Å². The summed E-state index contributed by atoms with van der Waals surface area (Å²) in [5.41, 5.74) is 2.36. The first-order valence-electron chi connectivity index (χ1n) is 8.52. The number of anilines is 1. The normalized spacial score (nSPS) is 11.7. The molecule has 132 valence electrons. The third-order valence-electron chi connectivity index (χ3n) is 3.75. The molecule has 2 aromatic carbocycles. The van der Waals surface area contributed by atoms with Crippen molar-refractivity contribution in [1.82, 2.24) is 4.98 Å². The van der Waals surface area contributed by atoms with Crippen LogP contribution in [0, 0.1) is 0 Å². The summed E-state index contributed by atoms with van der Waals surface area (Å²) in [4.78, 5) is 16.1. The molecular formula is C22H22N2O2. The van der Waals surface area contributed by atoms with E-state index in [4.69, 9.17) is 4.74 Å². The van der Waals surface area contributed by atoms with Gasteiger partial charge in [0.15, 0.2) is 0 Å². The van der Waals surface area contributed by atoms with Crippen molar-refractivity contribution in [3.8, 4) is 0 Å². The molecule has 1 aromatic heterocycles. The van der Waals surface area contributed by atoms with E-state index < -0.39 is 11.7 Å². The van der Waals surface area contributed by atoms with Crippen molar-refractivity contribution in [3.63, 3.8) is 0 Å². The maximum atomic E-state index is 12.1. The smallest absolute Gasteiger partial charge is 0.412 e. The third-order valence-corrected chi connectivity index (χ3v) is 3.75. The van der Waals surface area contributed by atoms with Crippen molar-refractivity contribution in [2.75, 3.05) is 5.32 Å². The van der Waals surface area contributed by atoms with Gasteiger partial charge in [-0.2, -0.15) is 0 Å². The highest BCUT2D eigenvalue weighted by molar-refractivity contribution is 6.04. The van der Waals surface area contributed by atoms with E-state index in [1.165, 1.54) is 0 Å². The van der Waals surface area contributed by atoms with Crippen LogP contribution in [0.5, 0.6) is 0 Å². The van der Waals surface area contributed by atoms with Gasteiger partial charge in [-0.25, -0.2) is 4.79 Å². The summed E-state index contributed by atoms with van der Waals surface area (Å²) in [6.45, 7) is 5.53. The molecule has 4 nitrogen and oxygen atoms in total. The number of pyridine rings is 1. The first-order valence-corrected chi connectivity index (χ1v) is 8.52. The van der Waals surface area contributed by atoms with Crippen LogP contribution in [0.25, 0.3) is 22.9 Å². The van der Waals surface area contributed by atoms with Crippen molar-refractivity contribution in [1.29, 1.82) is 0 Å². The quantitative estimate of drug-likeness (QED) is 0.657. The first kappa shape index (κ1) is 17.7. The van der Waals surface area contributed by atoms with Gasteiger partial charge in [-0.05, 0) is 55.5 Å². The monoisotopic (exact) mass is 346 g/mol. The number of ether oxygens (including phenoxy) is 1. The zero-order chi connectivity index (χ0) is 18.6. The van der Waals surface area contributed by atoms with Crippen LogP contribution >= 0.6 is 0 Å². The first-order chi connectivity index (χ1) is 12.4. The summed E-state index contributed by atoms with van der Waals surface area (Å²) in [6.07, 6.45) is 7.19. The fraction of sp³-hybridized carbons (Fsp3) is 0.182. The number of rotatable bonds is 3. The maximum absolute atomic E-state index is 12.1. The number of aromatic nitrogens is 1. The lowest BCUT2D eigenvalue weighted by Gasteiger charge is -2.20. The van der Waals surface area contributed by atoms with E-state index in [9.17, 15) is 4.79 Å². The Bertz CT molecular complexity index is 941. The molecule has 1 heterocycles. The lowest BCUT2D eigenvalue weighted by molar-refractivity contribution is 0.0636. The van der Waals surface area contributed by atoms with Crippen LogP contribution in [0.1, 0.15) is 31.9 Å². The van der Waals surface area contributed by atoms with Crippen LogP contribution < -0.4 is 5.32 Å². The van der Waals surface area contributed by atoms with Gasteiger partial charge in [-0.1, -0.05) is 42.5 Å². The Kier molecular flexibility index (Phi) is 5.03. The summed E-state index contributed by atoms with van der Waals surface area (Å²) in [5.74, 6) is 0. The van der Waals surface area contributed by atoms with Crippen LogP contribution in [0.2, 0.25) is 0 Å². The number of amides is 1. The molecule has 0 radical (unpaired) electrons. The van der Waals surface area contributed by atoms with E-state index in [0.29, 0.717) is 0 Å². The molecule has 3 rings (SSSR count). The molecular weight excluding hydrogens is 324 g/mol. The van der Waals surface area contributed by atoms with Gasteiger partial charge >= 0.3 is 6.09 Å². The second-order valence-corrected chi connectivity index (χ2v) is 6.99. The molecule has 0 atom stereocenters. The Labute approximate surface area is 153 Å². The minimum absolute atomic E-state index is 0.456. The Hall–Kier alpha value is -3.14. The largest absolute Gasteiger partial charge is 0.444 e. The van der Waals surface area contributed by atoms with E-state index in [1.807, 2.05) is 75.4 Å². The van der Waals surface area contributed by atoms with Crippen LogP contribution in [0.3, 0.4) is 0 Å². The second-order valence-electron chi connectivity index (χ2n) is 6.99. The molecule has 0 bridgehead atoms. The number of hydrogen-bond donors (Lipinski definition) is 1. The Morgan fingerprint density at radius 2 is 1.65 bits per heavy atom. The second kappa shape index (κ2) is 7.40. The minimum Gasteiger partial charge on any atom is -0.444 e. The van der Waals surface area contributed by atoms with Crippen LogP contribution in [-0.4, -0.2) is 16.7 Å². The molecule has 0 saturated carbocycles. The van der Waals surface area contributed by atoms with Gasteiger partial charge in [-0.15, -0.1) is 0 Å². The molecule has 26 heavy (non-hydrogen) atoms. The highest BCUT2D eigenvalue weighted by Crippen LogP contribution is 2.28. The number of carbonyl (C=O) groups is 1. The molecule has 0 aliphatic rings. The zero-order valence-corrected chi connectivity index (χ0v) is 15.2. The van der Waals surface area contributed by atoms with Gasteiger partial charge in [0, 0.05) is 17.8 Å². The average Bonchev–Trinajstić information content (AvgIpc) is 2.60.